The third-order valence-electron chi connectivity index (χ3n) is 5.57. The van der Waals surface area contributed by atoms with Crippen molar-refractivity contribution in [2.24, 2.45) is 0 Å². The van der Waals surface area contributed by atoms with Gasteiger partial charge in [-0.25, -0.2) is 0 Å². The van der Waals surface area contributed by atoms with Crippen molar-refractivity contribution < 1.29 is 0 Å². The Bertz CT molecular complexity index is 242. The molecule has 3 rings (SSSR count). The van der Waals surface area contributed by atoms with Gasteiger partial charge in [0.25, 0.3) is 0 Å². The highest BCUT2D eigenvalue weighted by Crippen LogP contribution is 2.48. The van der Waals surface area contributed by atoms with Gasteiger partial charge in [0.1, 0.15) is 0 Å². The van der Waals surface area contributed by atoms with Crippen molar-refractivity contribution in [3.63, 3.8) is 0 Å². The van der Waals surface area contributed by atoms with E-state index in [2.05, 4.69) is 35.3 Å². The third kappa shape index (κ3) is 6.16. The van der Waals surface area contributed by atoms with Crippen molar-refractivity contribution in [2.45, 2.75) is 116 Å². The van der Waals surface area contributed by atoms with Crippen LogP contribution >= 0.6 is 35.3 Å². The summed E-state index contributed by atoms with van der Waals surface area (Å²) in [7, 11) is 0. The summed E-state index contributed by atoms with van der Waals surface area (Å²) < 4.78 is 0.842. The molecule has 3 aliphatic rings. The first kappa shape index (κ1) is 17.9. The Morgan fingerprint density at radius 3 is 0.955 bits per heavy atom. The Hall–Kier alpha value is 1.05. The SMILES string of the molecule is C1CCC(SC(SC2CCCCC2)SC2CCCCC2)CC1. The van der Waals surface area contributed by atoms with Gasteiger partial charge in [0.15, 0.2) is 0 Å². The molecule has 3 fully saturated rings. The fourth-order valence-corrected chi connectivity index (χ4v) is 10.5. The third-order valence-corrected chi connectivity index (χ3v) is 10.8. The van der Waals surface area contributed by atoms with E-state index in [4.69, 9.17) is 0 Å². The topological polar surface area (TPSA) is 0 Å². The van der Waals surface area contributed by atoms with Crippen molar-refractivity contribution >= 4 is 35.3 Å². The van der Waals surface area contributed by atoms with Crippen LogP contribution < -0.4 is 0 Å². The molecule has 3 heteroatoms. The van der Waals surface area contributed by atoms with Crippen LogP contribution in [0.15, 0.2) is 0 Å². The van der Waals surface area contributed by atoms with E-state index in [-0.39, 0.29) is 0 Å². The Balaban J connectivity index is 1.50. The normalized spacial score (nSPS) is 26.6. The zero-order valence-electron chi connectivity index (χ0n) is 14.1. The molecule has 0 bridgehead atoms. The average molecular weight is 359 g/mol. The Labute approximate surface area is 151 Å². The number of rotatable bonds is 6. The summed E-state index contributed by atoms with van der Waals surface area (Å²) in [5.74, 6) is 0. The molecule has 0 aromatic rings. The van der Waals surface area contributed by atoms with Gasteiger partial charge in [0.2, 0.25) is 0 Å². The van der Waals surface area contributed by atoms with Gasteiger partial charge in [-0.05, 0) is 38.5 Å². The zero-order chi connectivity index (χ0) is 15.0. The lowest BCUT2D eigenvalue weighted by Crippen LogP contribution is -2.18. The van der Waals surface area contributed by atoms with Crippen LogP contribution in [-0.4, -0.2) is 19.7 Å². The monoisotopic (exact) mass is 358 g/mol. The molecule has 0 saturated heterocycles. The zero-order valence-corrected chi connectivity index (χ0v) is 16.6. The second-order valence-electron chi connectivity index (χ2n) is 7.48. The second-order valence-corrected chi connectivity index (χ2v) is 12.6. The smallest absolute Gasteiger partial charge is 0.0964 e. The molecule has 0 amide bonds. The van der Waals surface area contributed by atoms with E-state index in [1.807, 2.05) is 0 Å². The van der Waals surface area contributed by atoms with Crippen molar-refractivity contribution in [1.29, 1.82) is 0 Å². The van der Waals surface area contributed by atoms with E-state index in [0.717, 1.165) is 19.7 Å². The molecule has 0 unspecified atom stereocenters. The Morgan fingerprint density at radius 2 is 0.682 bits per heavy atom. The van der Waals surface area contributed by atoms with E-state index < -0.39 is 0 Å². The first-order valence-electron chi connectivity index (χ1n) is 9.86. The molecule has 22 heavy (non-hydrogen) atoms. The molecule has 3 aliphatic carbocycles. The predicted molar refractivity (Wildman–Crippen MR) is 107 cm³/mol. The fourth-order valence-electron chi connectivity index (χ4n) is 4.17. The fraction of sp³-hybridized carbons (Fsp3) is 1.00. The quantitative estimate of drug-likeness (QED) is 0.452. The van der Waals surface area contributed by atoms with Crippen molar-refractivity contribution in [2.75, 3.05) is 0 Å². The summed E-state index contributed by atoms with van der Waals surface area (Å²) in [6.45, 7) is 0. The molecular weight excluding hydrogens is 324 g/mol. The molecule has 3 saturated carbocycles. The first-order valence-corrected chi connectivity index (χ1v) is 12.7. The lowest BCUT2D eigenvalue weighted by molar-refractivity contribution is 0.513. The Kier molecular flexibility index (Phi) is 8.23. The standard InChI is InChI=1S/C19H34S3/c1-4-10-16(11-5-1)20-19(21-17-12-6-2-7-13-17)22-18-14-8-3-9-15-18/h16-19H,1-15H2. The van der Waals surface area contributed by atoms with Gasteiger partial charge in [-0.1, -0.05) is 57.8 Å². The highest BCUT2D eigenvalue weighted by Gasteiger charge is 2.27. The van der Waals surface area contributed by atoms with Crippen LogP contribution in [0.3, 0.4) is 0 Å². The Morgan fingerprint density at radius 1 is 0.409 bits per heavy atom. The lowest BCUT2D eigenvalue weighted by Gasteiger charge is -2.32. The van der Waals surface area contributed by atoms with Crippen LogP contribution in [0, 0.1) is 0 Å². The van der Waals surface area contributed by atoms with Gasteiger partial charge in [-0.2, -0.15) is 0 Å². The molecule has 0 heterocycles. The molecular formula is C19H34S3. The summed E-state index contributed by atoms with van der Waals surface area (Å²) in [5, 5.41) is 2.93. The van der Waals surface area contributed by atoms with E-state index in [0.29, 0.717) is 0 Å². The molecule has 0 nitrogen and oxygen atoms in total. The van der Waals surface area contributed by atoms with Crippen LogP contribution in [0.25, 0.3) is 0 Å². The maximum atomic E-state index is 2.38. The number of hydrogen-bond donors (Lipinski definition) is 0. The summed E-state index contributed by atoms with van der Waals surface area (Å²) in [6, 6.07) is 0. The summed E-state index contributed by atoms with van der Waals surface area (Å²) in [4.78, 5) is 0. The van der Waals surface area contributed by atoms with Crippen LogP contribution in [0.2, 0.25) is 0 Å². The van der Waals surface area contributed by atoms with Crippen LogP contribution in [0.1, 0.15) is 96.3 Å². The van der Waals surface area contributed by atoms with E-state index in [1.165, 1.54) is 96.3 Å². The number of thioether (sulfide) groups is 3. The summed E-state index contributed by atoms with van der Waals surface area (Å²) in [6.07, 6.45) is 22.4. The van der Waals surface area contributed by atoms with Gasteiger partial charge < -0.3 is 0 Å². The van der Waals surface area contributed by atoms with Gasteiger partial charge >= 0.3 is 0 Å². The number of hydrogen-bond acceptors (Lipinski definition) is 3. The van der Waals surface area contributed by atoms with Gasteiger partial charge in [-0.15, -0.1) is 35.3 Å². The van der Waals surface area contributed by atoms with E-state index in [9.17, 15) is 0 Å². The van der Waals surface area contributed by atoms with E-state index >= 15 is 0 Å². The van der Waals surface area contributed by atoms with Crippen molar-refractivity contribution in [3.8, 4) is 0 Å². The minimum Gasteiger partial charge on any atom is -0.133 e. The molecule has 0 aromatic heterocycles. The van der Waals surface area contributed by atoms with Crippen molar-refractivity contribution in [1.82, 2.24) is 0 Å². The summed E-state index contributed by atoms with van der Waals surface area (Å²) in [5.41, 5.74) is 0. The molecule has 128 valence electrons. The highest BCUT2D eigenvalue weighted by molar-refractivity contribution is 8.32. The largest absolute Gasteiger partial charge is 0.133 e. The minimum atomic E-state index is 0.842. The minimum absolute atomic E-state index is 0.842. The average Bonchev–Trinajstić information content (AvgIpc) is 2.57. The van der Waals surface area contributed by atoms with Gasteiger partial charge in [0.05, 0.1) is 3.91 Å². The molecule has 0 aromatic carbocycles. The van der Waals surface area contributed by atoms with Gasteiger partial charge in [-0.3, -0.25) is 0 Å². The summed E-state index contributed by atoms with van der Waals surface area (Å²) >= 11 is 7.14. The maximum Gasteiger partial charge on any atom is 0.0964 e. The molecule has 0 N–H and O–H groups in total. The highest BCUT2D eigenvalue weighted by atomic mass is 32.3. The molecule has 0 spiro atoms. The predicted octanol–water partition coefficient (Wildman–Crippen LogP) is 7.47. The first-order chi connectivity index (χ1) is 10.9. The molecule has 0 aliphatic heterocycles. The van der Waals surface area contributed by atoms with Crippen LogP contribution in [0.4, 0.5) is 0 Å². The van der Waals surface area contributed by atoms with Crippen LogP contribution in [-0.2, 0) is 0 Å². The molecule has 0 atom stereocenters. The lowest BCUT2D eigenvalue weighted by atomic mass is 10.0. The van der Waals surface area contributed by atoms with Crippen molar-refractivity contribution in [3.05, 3.63) is 0 Å². The van der Waals surface area contributed by atoms with Gasteiger partial charge in [0, 0.05) is 15.7 Å². The molecule has 0 radical (unpaired) electrons. The van der Waals surface area contributed by atoms with E-state index in [1.54, 1.807) is 0 Å². The maximum absolute atomic E-state index is 2.38. The second kappa shape index (κ2) is 10.1. The van der Waals surface area contributed by atoms with Crippen LogP contribution in [0.5, 0.6) is 0 Å².